The van der Waals surface area contributed by atoms with Crippen LogP contribution in [0.15, 0.2) is 46.9 Å². The van der Waals surface area contributed by atoms with Crippen molar-refractivity contribution in [3.63, 3.8) is 0 Å². The Morgan fingerprint density at radius 1 is 1.27 bits per heavy atom. The van der Waals surface area contributed by atoms with Gasteiger partial charge in [-0.1, -0.05) is 28.1 Å². The van der Waals surface area contributed by atoms with Gasteiger partial charge in [-0.3, -0.25) is 4.79 Å². The summed E-state index contributed by atoms with van der Waals surface area (Å²) >= 11 is 3.48. The van der Waals surface area contributed by atoms with Gasteiger partial charge in [-0.05, 0) is 37.3 Å². The first kappa shape index (κ1) is 18.7. The molecule has 26 heavy (non-hydrogen) atoms. The summed E-state index contributed by atoms with van der Waals surface area (Å²) in [4.78, 5) is 12.8. The highest BCUT2D eigenvalue weighted by Gasteiger charge is 2.24. The molecule has 3 rings (SSSR count). The average molecular weight is 420 g/mol. The molecule has 0 fully saturated rings. The van der Waals surface area contributed by atoms with Crippen molar-refractivity contribution in [1.82, 2.24) is 5.32 Å². The summed E-state index contributed by atoms with van der Waals surface area (Å²) in [5.41, 5.74) is 1.50. The molecule has 0 aliphatic carbocycles. The van der Waals surface area contributed by atoms with Crippen molar-refractivity contribution in [3.8, 4) is 11.5 Å². The third-order valence-electron chi connectivity index (χ3n) is 4.14. The molecule has 1 atom stereocenters. The smallest absolute Gasteiger partial charge is 0.255 e. The monoisotopic (exact) mass is 419 g/mol. The van der Waals surface area contributed by atoms with E-state index in [1.54, 1.807) is 12.1 Å². The molecular formula is C20H22BrNO4. The van der Waals surface area contributed by atoms with Crippen LogP contribution in [-0.2, 0) is 4.74 Å². The van der Waals surface area contributed by atoms with Gasteiger partial charge in [0, 0.05) is 23.1 Å². The number of fused-ring (bicyclic) bond motifs is 1. The lowest BCUT2D eigenvalue weighted by Crippen LogP contribution is -2.32. The zero-order valence-electron chi connectivity index (χ0n) is 14.7. The molecule has 0 aromatic heterocycles. The maximum Gasteiger partial charge on any atom is 0.255 e. The van der Waals surface area contributed by atoms with E-state index in [9.17, 15) is 4.79 Å². The predicted molar refractivity (Wildman–Crippen MR) is 103 cm³/mol. The molecule has 0 bridgehead atoms. The van der Waals surface area contributed by atoms with E-state index in [1.165, 1.54) is 0 Å². The molecule has 5 nitrogen and oxygen atoms in total. The standard InChI is InChI=1S/C20H22BrNO4/c1-2-24-11-12-26-18-6-4-3-5-15(18)20(23)22-17-9-10-25-19-8-7-14(21)13-16(17)19/h3-8,13,17H,2,9-12H2,1H3,(H,22,23). The zero-order valence-corrected chi connectivity index (χ0v) is 16.3. The fourth-order valence-corrected chi connectivity index (χ4v) is 3.26. The fraction of sp³-hybridized carbons (Fsp3) is 0.350. The Bertz CT molecular complexity index is 765. The van der Waals surface area contributed by atoms with E-state index in [1.807, 2.05) is 37.3 Å². The summed E-state index contributed by atoms with van der Waals surface area (Å²) in [7, 11) is 0. The zero-order chi connectivity index (χ0) is 18.4. The van der Waals surface area contributed by atoms with Crippen molar-refractivity contribution in [2.24, 2.45) is 0 Å². The molecule has 0 saturated heterocycles. The van der Waals surface area contributed by atoms with E-state index < -0.39 is 0 Å². The largest absolute Gasteiger partial charge is 0.493 e. The van der Waals surface area contributed by atoms with Crippen LogP contribution in [0.25, 0.3) is 0 Å². The second kappa shape index (κ2) is 9.05. The van der Waals surface area contributed by atoms with Crippen LogP contribution in [0.1, 0.15) is 35.3 Å². The number of benzene rings is 2. The van der Waals surface area contributed by atoms with Crippen molar-refractivity contribution in [3.05, 3.63) is 58.1 Å². The summed E-state index contributed by atoms with van der Waals surface area (Å²) in [5.74, 6) is 1.21. The molecule has 138 valence electrons. The number of ether oxygens (including phenoxy) is 3. The molecule has 1 amide bonds. The minimum absolute atomic E-state index is 0.0970. The highest BCUT2D eigenvalue weighted by atomic mass is 79.9. The summed E-state index contributed by atoms with van der Waals surface area (Å²) < 4.78 is 17.6. The molecule has 0 saturated carbocycles. The van der Waals surface area contributed by atoms with Crippen LogP contribution in [0, 0.1) is 0 Å². The van der Waals surface area contributed by atoms with E-state index in [4.69, 9.17) is 14.2 Å². The first-order valence-corrected chi connectivity index (χ1v) is 9.51. The van der Waals surface area contributed by atoms with Crippen LogP contribution in [-0.4, -0.2) is 32.3 Å². The second-order valence-electron chi connectivity index (χ2n) is 5.89. The van der Waals surface area contributed by atoms with E-state index in [0.717, 1.165) is 22.2 Å². The minimum atomic E-state index is -0.158. The normalized spacial score (nSPS) is 15.7. The van der Waals surface area contributed by atoms with Crippen LogP contribution in [0.5, 0.6) is 11.5 Å². The van der Waals surface area contributed by atoms with Crippen LogP contribution < -0.4 is 14.8 Å². The van der Waals surface area contributed by atoms with Crippen molar-refractivity contribution in [1.29, 1.82) is 0 Å². The molecule has 0 radical (unpaired) electrons. The highest BCUT2D eigenvalue weighted by molar-refractivity contribution is 9.10. The van der Waals surface area contributed by atoms with Gasteiger partial charge in [0.25, 0.3) is 5.91 Å². The number of hydrogen-bond donors (Lipinski definition) is 1. The topological polar surface area (TPSA) is 56.8 Å². The molecule has 2 aromatic rings. The Hall–Kier alpha value is -2.05. The SMILES string of the molecule is CCOCCOc1ccccc1C(=O)NC1CCOc2ccc(Br)cc21. The number of carbonyl (C=O) groups excluding carboxylic acids is 1. The van der Waals surface area contributed by atoms with E-state index in [0.29, 0.717) is 37.7 Å². The van der Waals surface area contributed by atoms with Gasteiger partial charge in [0.15, 0.2) is 0 Å². The van der Waals surface area contributed by atoms with Gasteiger partial charge in [-0.15, -0.1) is 0 Å². The fourth-order valence-electron chi connectivity index (χ4n) is 2.89. The number of halogens is 1. The molecule has 1 aliphatic rings. The molecule has 1 N–H and O–H groups in total. The van der Waals surface area contributed by atoms with E-state index >= 15 is 0 Å². The summed E-state index contributed by atoms with van der Waals surface area (Å²) in [6.45, 7) is 4.06. The quantitative estimate of drug-likeness (QED) is 0.685. The van der Waals surface area contributed by atoms with Gasteiger partial charge in [0.1, 0.15) is 18.1 Å². The number of amides is 1. The molecule has 1 heterocycles. The Kier molecular flexibility index (Phi) is 6.52. The minimum Gasteiger partial charge on any atom is -0.493 e. The Labute approximate surface area is 161 Å². The Morgan fingerprint density at radius 3 is 2.96 bits per heavy atom. The van der Waals surface area contributed by atoms with Crippen molar-refractivity contribution in [2.45, 2.75) is 19.4 Å². The number of nitrogens with one attached hydrogen (secondary N) is 1. The third kappa shape index (κ3) is 4.56. The van der Waals surface area contributed by atoms with Crippen molar-refractivity contribution in [2.75, 3.05) is 26.4 Å². The maximum absolute atomic E-state index is 12.8. The van der Waals surface area contributed by atoms with Crippen LogP contribution >= 0.6 is 15.9 Å². The Morgan fingerprint density at radius 2 is 2.12 bits per heavy atom. The summed E-state index contributed by atoms with van der Waals surface area (Å²) in [6.07, 6.45) is 0.725. The molecular weight excluding hydrogens is 398 g/mol. The van der Waals surface area contributed by atoms with Crippen LogP contribution in [0.3, 0.4) is 0 Å². The van der Waals surface area contributed by atoms with Gasteiger partial charge < -0.3 is 19.5 Å². The molecule has 0 spiro atoms. The van der Waals surface area contributed by atoms with Gasteiger partial charge in [0.2, 0.25) is 0 Å². The first-order valence-electron chi connectivity index (χ1n) is 8.71. The molecule has 2 aromatic carbocycles. The van der Waals surface area contributed by atoms with Crippen molar-refractivity contribution >= 4 is 21.8 Å². The lowest BCUT2D eigenvalue weighted by atomic mass is 10.00. The highest BCUT2D eigenvalue weighted by Crippen LogP contribution is 2.34. The summed E-state index contributed by atoms with van der Waals surface area (Å²) in [6, 6.07) is 13.0. The third-order valence-corrected chi connectivity index (χ3v) is 4.63. The number of para-hydroxylation sites is 1. The van der Waals surface area contributed by atoms with E-state index in [2.05, 4.69) is 21.2 Å². The first-order chi connectivity index (χ1) is 12.7. The maximum atomic E-state index is 12.8. The van der Waals surface area contributed by atoms with Gasteiger partial charge in [0.05, 0.1) is 24.8 Å². The molecule has 1 aliphatic heterocycles. The van der Waals surface area contributed by atoms with Gasteiger partial charge in [-0.2, -0.15) is 0 Å². The van der Waals surface area contributed by atoms with Crippen LogP contribution in [0.2, 0.25) is 0 Å². The van der Waals surface area contributed by atoms with E-state index in [-0.39, 0.29) is 11.9 Å². The molecule has 1 unspecified atom stereocenters. The second-order valence-corrected chi connectivity index (χ2v) is 6.80. The lowest BCUT2D eigenvalue weighted by Gasteiger charge is -2.27. The number of hydrogen-bond acceptors (Lipinski definition) is 4. The lowest BCUT2D eigenvalue weighted by molar-refractivity contribution is 0.0909. The average Bonchev–Trinajstić information content (AvgIpc) is 2.66. The number of carbonyl (C=O) groups is 1. The van der Waals surface area contributed by atoms with Gasteiger partial charge in [-0.25, -0.2) is 0 Å². The Balaban J connectivity index is 1.72. The predicted octanol–water partition coefficient (Wildman–Crippen LogP) is 4.12. The van der Waals surface area contributed by atoms with Crippen molar-refractivity contribution < 1.29 is 19.0 Å². The number of rotatable bonds is 7. The van der Waals surface area contributed by atoms with Crippen LogP contribution in [0.4, 0.5) is 0 Å². The molecule has 6 heteroatoms. The summed E-state index contributed by atoms with van der Waals surface area (Å²) in [5, 5.41) is 3.11. The van der Waals surface area contributed by atoms with Gasteiger partial charge >= 0.3 is 0 Å².